The zero-order valence-corrected chi connectivity index (χ0v) is 24.9. The van der Waals surface area contributed by atoms with E-state index in [2.05, 4.69) is 12.1 Å². The van der Waals surface area contributed by atoms with E-state index in [0.717, 1.165) is 40.2 Å². The van der Waals surface area contributed by atoms with Crippen LogP contribution in [-0.2, 0) is 17.8 Å². The lowest BCUT2D eigenvalue weighted by atomic mass is 10.1. The molecule has 0 saturated carbocycles. The Hall–Kier alpha value is -4.17. The third-order valence-electron chi connectivity index (χ3n) is 6.84. The second-order valence-corrected chi connectivity index (χ2v) is 11.8. The summed E-state index contributed by atoms with van der Waals surface area (Å²) in [4.78, 5) is 15.7. The molecule has 5 nitrogen and oxygen atoms in total. The van der Waals surface area contributed by atoms with Crippen LogP contribution in [0.1, 0.15) is 16.7 Å². The smallest absolute Gasteiger partial charge is 0.266 e. The number of aromatic nitrogens is 2. The number of hydrogen-bond donors (Lipinski definition) is 0. The largest absolute Gasteiger partial charge is 0.489 e. The van der Waals surface area contributed by atoms with Gasteiger partial charge in [0.1, 0.15) is 16.7 Å². The molecule has 4 aromatic carbocycles. The van der Waals surface area contributed by atoms with Crippen LogP contribution in [0.3, 0.4) is 0 Å². The topological polar surface area (TPSA) is 47.4 Å². The molecule has 0 bridgehead atoms. The standard InChI is InChI=1S/C34H26ClN3O2S2/c35-28-15-11-25(12-16-28)23-40-30-17-13-26(14-18-30)32-27(22-38(36-32)29-9-5-2-6-10-29)21-31-33(39)37(34(41)42-31)20-19-24-7-3-1-4-8-24/h1-18,21-22H,19-20,23H2/b31-21-. The molecule has 1 amide bonds. The van der Waals surface area contributed by atoms with Gasteiger partial charge in [-0.15, -0.1) is 0 Å². The minimum Gasteiger partial charge on any atom is -0.489 e. The van der Waals surface area contributed by atoms with E-state index in [1.165, 1.54) is 17.3 Å². The molecule has 1 aliphatic heterocycles. The lowest BCUT2D eigenvalue weighted by Gasteiger charge is -2.14. The third-order valence-corrected chi connectivity index (χ3v) is 8.47. The highest BCUT2D eigenvalue weighted by molar-refractivity contribution is 8.26. The number of halogens is 1. The minimum absolute atomic E-state index is 0.0784. The van der Waals surface area contributed by atoms with Crippen molar-refractivity contribution in [3.05, 3.63) is 142 Å². The van der Waals surface area contributed by atoms with E-state index in [4.69, 9.17) is 33.7 Å². The third kappa shape index (κ3) is 6.49. The summed E-state index contributed by atoms with van der Waals surface area (Å²) >= 11 is 12.9. The molecule has 0 N–H and O–H groups in total. The van der Waals surface area contributed by atoms with Crippen LogP contribution >= 0.6 is 35.6 Å². The van der Waals surface area contributed by atoms with Gasteiger partial charge in [0.05, 0.1) is 16.3 Å². The summed E-state index contributed by atoms with van der Waals surface area (Å²) in [6.07, 6.45) is 4.59. The number of ether oxygens (including phenoxy) is 1. The molecule has 1 fully saturated rings. The van der Waals surface area contributed by atoms with Gasteiger partial charge in [0.2, 0.25) is 0 Å². The van der Waals surface area contributed by atoms with Gasteiger partial charge in [-0.1, -0.05) is 96.2 Å². The maximum Gasteiger partial charge on any atom is 0.266 e. The Labute approximate surface area is 259 Å². The number of thiocarbonyl (C=S) groups is 1. The van der Waals surface area contributed by atoms with Gasteiger partial charge in [0, 0.05) is 28.9 Å². The number of nitrogens with zero attached hydrogens (tertiary/aromatic N) is 3. The summed E-state index contributed by atoms with van der Waals surface area (Å²) < 4.78 is 8.39. The monoisotopic (exact) mass is 607 g/mol. The molecule has 1 saturated heterocycles. The molecule has 2 heterocycles. The van der Waals surface area contributed by atoms with E-state index in [-0.39, 0.29) is 5.91 Å². The predicted molar refractivity (Wildman–Crippen MR) is 175 cm³/mol. The van der Waals surface area contributed by atoms with Crippen LogP contribution in [0.15, 0.2) is 120 Å². The van der Waals surface area contributed by atoms with E-state index < -0.39 is 0 Å². The van der Waals surface area contributed by atoms with Gasteiger partial charge in [-0.3, -0.25) is 9.69 Å². The van der Waals surface area contributed by atoms with E-state index in [1.54, 1.807) is 4.90 Å². The summed E-state index contributed by atoms with van der Waals surface area (Å²) in [6, 6.07) is 35.5. The summed E-state index contributed by atoms with van der Waals surface area (Å²) in [5.41, 5.74) is 5.64. The molecule has 0 aliphatic carbocycles. The van der Waals surface area contributed by atoms with Crippen LogP contribution in [0.2, 0.25) is 5.02 Å². The molecular formula is C34H26ClN3O2S2. The number of para-hydroxylation sites is 1. The van der Waals surface area contributed by atoms with Gasteiger partial charge in [0.15, 0.2) is 0 Å². The lowest BCUT2D eigenvalue weighted by molar-refractivity contribution is -0.122. The maximum atomic E-state index is 13.4. The Morgan fingerprint density at radius 3 is 2.26 bits per heavy atom. The molecule has 6 rings (SSSR count). The van der Waals surface area contributed by atoms with E-state index in [0.29, 0.717) is 27.4 Å². The Kier molecular flexibility index (Phi) is 8.51. The van der Waals surface area contributed by atoms with Crippen molar-refractivity contribution >= 4 is 51.9 Å². The molecule has 8 heteroatoms. The Balaban J connectivity index is 1.25. The fraction of sp³-hybridized carbons (Fsp3) is 0.0882. The van der Waals surface area contributed by atoms with E-state index in [9.17, 15) is 4.79 Å². The van der Waals surface area contributed by atoms with Crippen molar-refractivity contribution in [2.45, 2.75) is 13.0 Å². The van der Waals surface area contributed by atoms with Crippen molar-refractivity contribution in [1.82, 2.24) is 14.7 Å². The highest BCUT2D eigenvalue weighted by Crippen LogP contribution is 2.35. The van der Waals surface area contributed by atoms with Crippen molar-refractivity contribution in [1.29, 1.82) is 0 Å². The Morgan fingerprint density at radius 2 is 1.55 bits per heavy atom. The molecule has 1 aliphatic rings. The molecule has 208 valence electrons. The van der Waals surface area contributed by atoms with Crippen molar-refractivity contribution in [3.63, 3.8) is 0 Å². The van der Waals surface area contributed by atoms with E-state index >= 15 is 0 Å². The molecular weight excluding hydrogens is 582 g/mol. The van der Waals surface area contributed by atoms with Gasteiger partial charge in [-0.25, -0.2) is 4.68 Å². The quantitative estimate of drug-likeness (QED) is 0.125. The molecule has 0 unspecified atom stereocenters. The number of hydrogen-bond acceptors (Lipinski definition) is 5. The van der Waals surface area contributed by atoms with Crippen LogP contribution in [-0.4, -0.2) is 31.5 Å². The van der Waals surface area contributed by atoms with Crippen molar-refractivity contribution in [3.8, 4) is 22.7 Å². The van der Waals surface area contributed by atoms with Crippen LogP contribution in [0.5, 0.6) is 5.75 Å². The van der Waals surface area contributed by atoms with Crippen LogP contribution < -0.4 is 4.74 Å². The number of amides is 1. The Bertz CT molecular complexity index is 1740. The van der Waals surface area contributed by atoms with Crippen molar-refractivity contribution < 1.29 is 9.53 Å². The molecule has 42 heavy (non-hydrogen) atoms. The van der Waals surface area contributed by atoms with Gasteiger partial charge in [-0.05, 0) is 72.2 Å². The number of thioether (sulfide) groups is 1. The van der Waals surface area contributed by atoms with Gasteiger partial charge in [0.25, 0.3) is 5.91 Å². The second-order valence-electron chi connectivity index (χ2n) is 9.72. The first-order valence-electron chi connectivity index (χ1n) is 13.5. The fourth-order valence-electron chi connectivity index (χ4n) is 4.61. The number of carbonyl (C=O) groups is 1. The molecule has 0 radical (unpaired) electrons. The first-order valence-corrected chi connectivity index (χ1v) is 15.1. The zero-order chi connectivity index (χ0) is 28.9. The lowest BCUT2D eigenvalue weighted by Crippen LogP contribution is -2.30. The first-order chi connectivity index (χ1) is 20.5. The molecule has 1 aromatic heterocycles. The minimum atomic E-state index is -0.0784. The van der Waals surface area contributed by atoms with Gasteiger partial charge in [-0.2, -0.15) is 5.10 Å². The first kappa shape index (κ1) is 28.0. The summed E-state index contributed by atoms with van der Waals surface area (Å²) in [5, 5.41) is 5.61. The average molecular weight is 608 g/mol. The van der Waals surface area contributed by atoms with Crippen LogP contribution in [0.4, 0.5) is 0 Å². The van der Waals surface area contributed by atoms with Gasteiger partial charge >= 0.3 is 0 Å². The van der Waals surface area contributed by atoms with Crippen LogP contribution in [0, 0.1) is 0 Å². The fourth-order valence-corrected chi connectivity index (χ4v) is 6.03. The highest BCUT2D eigenvalue weighted by atomic mass is 35.5. The maximum absolute atomic E-state index is 13.4. The summed E-state index contributed by atoms with van der Waals surface area (Å²) in [6.45, 7) is 0.982. The molecule has 0 atom stereocenters. The predicted octanol–water partition coefficient (Wildman–Crippen LogP) is 8.22. The summed E-state index contributed by atoms with van der Waals surface area (Å²) in [7, 11) is 0. The number of carbonyl (C=O) groups excluding carboxylic acids is 1. The number of rotatable bonds is 9. The van der Waals surface area contributed by atoms with Crippen molar-refractivity contribution in [2.75, 3.05) is 6.54 Å². The Morgan fingerprint density at radius 1 is 0.857 bits per heavy atom. The van der Waals surface area contributed by atoms with E-state index in [1.807, 2.05) is 114 Å². The summed E-state index contributed by atoms with van der Waals surface area (Å²) in [5.74, 6) is 0.669. The normalized spacial score (nSPS) is 14.1. The van der Waals surface area contributed by atoms with Crippen molar-refractivity contribution in [2.24, 2.45) is 0 Å². The molecule has 5 aromatic rings. The zero-order valence-electron chi connectivity index (χ0n) is 22.5. The average Bonchev–Trinajstić information content (AvgIpc) is 3.56. The highest BCUT2D eigenvalue weighted by Gasteiger charge is 2.32. The van der Waals surface area contributed by atoms with Gasteiger partial charge < -0.3 is 4.74 Å². The second kappa shape index (κ2) is 12.8. The number of benzene rings is 4. The molecule has 0 spiro atoms. The van der Waals surface area contributed by atoms with Crippen LogP contribution in [0.25, 0.3) is 23.0 Å². The SMILES string of the molecule is O=C1/C(=C/c2cn(-c3ccccc3)nc2-c2ccc(OCc3ccc(Cl)cc3)cc2)SC(=S)N1CCc1ccccc1.